The molecule has 5 nitrogen and oxygen atoms in total. The Labute approximate surface area is 159 Å². The van der Waals surface area contributed by atoms with Gasteiger partial charge in [-0.2, -0.15) is 0 Å². The Kier molecular flexibility index (Phi) is 6.17. The molecule has 0 unspecified atom stereocenters. The third-order valence-electron chi connectivity index (χ3n) is 3.61. The maximum atomic E-state index is 13.4. The lowest BCUT2D eigenvalue weighted by Gasteiger charge is -2.09. The van der Waals surface area contributed by atoms with E-state index in [2.05, 4.69) is 10.6 Å². The SMILES string of the molecule is O=C(NCCOc1ccccc1F)c1cccc(NC(=O)c2cccs2)c1. The number of carbonyl (C=O) groups excluding carboxylic acids is 2. The third-order valence-corrected chi connectivity index (χ3v) is 4.48. The van der Waals surface area contributed by atoms with Gasteiger partial charge < -0.3 is 15.4 Å². The number of halogens is 1. The first-order valence-corrected chi connectivity index (χ1v) is 9.12. The van der Waals surface area contributed by atoms with Crippen LogP contribution in [0.1, 0.15) is 20.0 Å². The summed E-state index contributed by atoms with van der Waals surface area (Å²) in [7, 11) is 0. The van der Waals surface area contributed by atoms with Crippen molar-refractivity contribution < 1.29 is 18.7 Å². The minimum Gasteiger partial charge on any atom is -0.489 e. The zero-order valence-electron chi connectivity index (χ0n) is 14.3. The van der Waals surface area contributed by atoms with Crippen molar-refractivity contribution in [2.24, 2.45) is 0 Å². The smallest absolute Gasteiger partial charge is 0.265 e. The Morgan fingerprint density at radius 2 is 1.85 bits per heavy atom. The Balaban J connectivity index is 1.51. The highest BCUT2D eigenvalue weighted by Gasteiger charge is 2.10. The van der Waals surface area contributed by atoms with Crippen molar-refractivity contribution in [3.63, 3.8) is 0 Å². The fourth-order valence-electron chi connectivity index (χ4n) is 2.33. The molecule has 27 heavy (non-hydrogen) atoms. The molecule has 2 amide bonds. The fourth-order valence-corrected chi connectivity index (χ4v) is 2.95. The first-order valence-electron chi connectivity index (χ1n) is 8.24. The first kappa shape index (κ1) is 18.6. The predicted molar refractivity (Wildman–Crippen MR) is 103 cm³/mol. The van der Waals surface area contributed by atoms with Crippen LogP contribution in [-0.4, -0.2) is 25.0 Å². The number of thiophene rings is 1. The molecule has 0 radical (unpaired) electrons. The second-order valence-corrected chi connectivity index (χ2v) is 6.49. The summed E-state index contributed by atoms with van der Waals surface area (Å²) < 4.78 is 18.7. The highest BCUT2D eigenvalue weighted by Crippen LogP contribution is 2.16. The molecule has 0 saturated carbocycles. The van der Waals surface area contributed by atoms with Crippen LogP contribution in [0.15, 0.2) is 66.0 Å². The van der Waals surface area contributed by atoms with E-state index in [9.17, 15) is 14.0 Å². The molecule has 3 rings (SSSR count). The van der Waals surface area contributed by atoms with E-state index in [1.165, 1.54) is 23.5 Å². The molecule has 138 valence electrons. The Hall–Kier alpha value is -3.19. The van der Waals surface area contributed by atoms with Crippen LogP contribution in [0.4, 0.5) is 10.1 Å². The normalized spacial score (nSPS) is 10.3. The summed E-state index contributed by atoms with van der Waals surface area (Å²) in [6, 6.07) is 16.3. The maximum Gasteiger partial charge on any atom is 0.265 e. The standard InChI is InChI=1S/C20H17FN2O3S/c21-16-7-1-2-8-17(16)26-11-10-22-19(24)14-5-3-6-15(13-14)23-20(25)18-9-4-12-27-18/h1-9,12-13H,10-11H2,(H,22,24)(H,23,25). The van der Waals surface area contributed by atoms with E-state index < -0.39 is 5.82 Å². The van der Waals surface area contributed by atoms with Crippen LogP contribution >= 0.6 is 11.3 Å². The van der Waals surface area contributed by atoms with Gasteiger partial charge in [0, 0.05) is 11.3 Å². The molecule has 7 heteroatoms. The predicted octanol–water partition coefficient (Wildman–Crippen LogP) is 3.95. The van der Waals surface area contributed by atoms with E-state index in [-0.39, 0.29) is 30.7 Å². The van der Waals surface area contributed by atoms with Crippen LogP contribution < -0.4 is 15.4 Å². The zero-order valence-corrected chi connectivity index (χ0v) is 15.1. The molecule has 0 aliphatic rings. The lowest BCUT2D eigenvalue weighted by molar-refractivity contribution is 0.0945. The van der Waals surface area contributed by atoms with E-state index in [0.717, 1.165) is 0 Å². The minimum atomic E-state index is -0.446. The number of ether oxygens (including phenoxy) is 1. The minimum absolute atomic E-state index is 0.140. The third kappa shape index (κ3) is 5.15. The molecular formula is C20H17FN2O3S. The number of carbonyl (C=O) groups is 2. The number of benzene rings is 2. The van der Waals surface area contributed by atoms with Crippen molar-refractivity contribution in [2.45, 2.75) is 0 Å². The van der Waals surface area contributed by atoms with Crippen LogP contribution in [0.3, 0.4) is 0 Å². The van der Waals surface area contributed by atoms with Crippen molar-refractivity contribution in [1.29, 1.82) is 0 Å². The first-order chi connectivity index (χ1) is 13.1. The Morgan fingerprint density at radius 3 is 2.63 bits per heavy atom. The molecule has 0 bridgehead atoms. The molecule has 0 aliphatic carbocycles. The van der Waals surface area contributed by atoms with Gasteiger partial charge in [-0.1, -0.05) is 24.3 Å². The highest BCUT2D eigenvalue weighted by atomic mass is 32.1. The molecule has 0 aliphatic heterocycles. The van der Waals surface area contributed by atoms with Crippen LogP contribution in [0.5, 0.6) is 5.75 Å². The van der Waals surface area contributed by atoms with Crippen LogP contribution in [0.2, 0.25) is 0 Å². The molecule has 1 heterocycles. The number of anilines is 1. The molecule has 2 N–H and O–H groups in total. The molecule has 2 aromatic carbocycles. The summed E-state index contributed by atoms with van der Waals surface area (Å²) in [5, 5.41) is 7.28. The Bertz CT molecular complexity index is 928. The van der Waals surface area contributed by atoms with Crippen molar-refractivity contribution in [1.82, 2.24) is 5.32 Å². The lowest BCUT2D eigenvalue weighted by atomic mass is 10.2. The molecule has 0 atom stereocenters. The maximum absolute atomic E-state index is 13.4. The van der Waals surface area contributed by atoms with E-state index in [0.29, 0.717) is 16.1 Å². The highest BCUT2D eigenvalue weighted by molar-refractivity contribution is 7.12. The van der Waals surface area contributed by atoms with Crippen molar-refractivity contribution in [3.05, 3.63) is 82.3 Å². The summed E-state index contributed by atoms with van der Waals surface area (Å²) in [5.41, 5.74) is 0.938. The summed E-state index contributed by atoms with van der Waals surface area (Å²) in [5.74, 6) is -0.830. The average molecular weight is 384 g/mol. The lowest BCUT2D eigenvalue weighted by Crippen LogP contribution is -2.28. The summed E-state index contributed by atoms with van der Waals surface area (Å²) in [6.45, 7) is 0.362. The van der Waals surface area contributed by atoms with E-state index in [1.807, 2.05) is 5.38 Å². The Morgan fingerprint density at radius 1 is 1.00 bits per heavy atom. The van der Waals surface area contributed by atoms with Gasteiger partial charge in [0.15, 0.2) is 11.6 Å². The van der Waals surface area contributed by atoms with Gasteiger partial charge in [-0.05, 0) is 41.8 Å². The van der Waals surface area contributed by atoms with Crippen molar-refractivity contribution in [3.8, 4) is 5.75 Å². The van der Waals surface area contributed by atoms with Gasteiger partial charge in [-0.3, -0.25) is 9.59 Å². The molecule has 3 aromatic rings. The van der Waals surface area contributed by atoms with E-state index >= 15 is 0 Å². The second kappa shape index (κ2) is 8.95. The van der Waals surface area contributed by atoms with Gasteiger partial charge in [0.2, 0.25) is 0 Å². The molecule has 0 saturated heterocycles. The van der Waals surface area contributed by atoms with E-state index in [4.69, 9.17) is 4.74 Å². The molecule has 1 aromatic heterocycles. The van der Waals surface area contributed by atoms with E-state index in [1.54, 1.807) is 48.5 Å². The largest absolute Gasteiger partial charge is 0.489 e. The van der Waals surface area contributed by atoms with Gasteiger partial charge in [0.05, 0.1) is 11.4 Å². The van der Waals surface area contributed by atoms with Gasteiger partial charge in [0.1, 0.15) is 6.61 Å². The summed E-state index contributed by atoms with van der Waals surface area (Å²) >= 11 is 1.34. The number of nitrogens with one attached hydrogen (secondary N) is 2. The van der Waals surface area contributed by atoms with Crippen LogP contribution in [0.25, 0.3) is 0 Å². The number of hydrogen-bond donors (Lipinski definition) is 2. The number of amides is 2. The number of rotatable bonds is 7. The zero-order chi connectivity index (χ0) is 19.1. The van der Waals surface area contributed by atoms with Crippen LogP contribution in [0, 0.1) is 5.82 Å². The quantitative estimate of drug-likeness (QED) is 0.606. The molecule has 0 fully saturated rings. The number of hydrogen-bond acceptors (Lipinski definition) is 4. The fraction of sp³-hybridized carbons (Fsp3) is 0.100. The molecular weight excluding hydrogens is 367 g/mol. The molecule has 0 spiro atoms. The second-order valence-electron chi connectivity index (χ2n) is 5.55. The average Bonchev–Trinajstić information content (AvgIpc) is 3.21. The van der Waals surface area contributed by atoms with Crippen LogP contribution in [-0.2, 0) is 0 Å². The summed E-state index contributed by atoms with van der Waals surface area (Å²) in [4.78, 5) is 24.9. The van der Waals surface area contributed by atoms with Gasteiger partial charge in [0.25, 0.3) is 11.8 Å². The van der Waals surface area contributed by atoms with Gasteiger partial charge >= 0.3 is 0 Å². The topological polar surface area (TPSA) is 67.4 Å². The van der Waals surface area contributed by atoms with Crippen molar-refractivity contribution in [2.75, 3.05) is 18.5 Å². The summed E-state index contributed by atoms with van der Waals surface area (Å²) in [6.07, 6.45) is 0. The monoisotopic (exact) mass is 384 g/mol. The van der Waals surface area contributed by atoms with Crippen molar-refractivity contribution >= 4 is 28.8 Å². The number of para-hydroxylation sites is 1. The van der Waals surface area contributed by atoms with Gasteiger partial charge in [-0.15, -0.1) is 11.3 Å². The van der Waals surface area contributed by atoms with Gasteiger partial charge in [-0.25, -0.2) is 4.39 Å².